The van der Waals surface area contributed by atoms with Gasteiger partial charge in [-0.15, -0.1) is 0 Å². The maximum absolute atomic E-state index is 13.4. The number of nitrogens with zero attached hydrogens (tertiary/aromatic N) is 2. The van der Waals surface area contributed by atoms with E-state index in [9.17, 15) is 9.18 Å². The number of benzene rings is 2. The molecule has 1 amide bonds. The monoisotopic (exact) mass is 384 g/mol. The molecule has 138 valence electrons. The molecule has 0 radical (unpaired) electrons. The van der Waals surface area contributed by atoms with Crippen LogP contribution in [-0.4, -0.2) is 28.6 Å². The Bertz CT molecular complexity index is 972. The van der Waals surface area contributed by atoms with E-state index in [2.05, 4.69) is 5.16 Å². The molecule has 1 aromatic heterocycles. The molecule has 1 aliphatic rings. The van der Waals surface area contributed by atoms with Crippen LogP contribution in [0.15, 0.2) is 59.1 Å². The summed E-state index contributed by atoms with van der Waals surface area (Å²) in [5.41, 5.74) is 1.93. The summed E-state index contributed by atoms with van der Waals surface area (Å²) < 4.78 is 18.8. The Hall–Kier alpha value is -2.66. The number of hydrogen-bond acceptors (Lipinski definition) is 3. The average molecular weight is 385 g/mol. The third-order valence-corrected chi connectivity index (χ3v) is 5.07. The molecule has 0 spiro atoms. The molecule has 1 saturated heterocycles. The third kappa shape index (κ3) is 3.88. The molecule has 0 saturated carbocycles. The van der Waals surface area contributed by atoms with Gasteiger partial charge in [-0.1, -0.05) is 41.0 Å². The molecule has 0 N–H and O–H groups in total. The number of hydrogen-bond donors (Lipinski definition) is 0. The van der Waals surface area contributed by atoms with Crippen molar-refractivity contribution < 1.29 is 13.7 Å². The third-order valence-electron chi connectivity index (χ3n) is 4.84. The lowest BCUT2D eigenvalue weighted by molar-refractivity contribution is 0.0726. The highest BCUT2D eigenvalue weighted by molar-refractivity contribution is 6.30. The first-order valence-corrected chi connectivity index (χ1v) is 9.26. The molecule has 0 bridgehead atoms. The van der Waals surface area contributed by atoms with E-state index in [1.54, 1.807) is 24.3 Å². The molecule has 6 heteroatoms. The summed E-state index contributed by atoms with van der Waals surface area (Å²) >= 11 is 6.01. The lowest BCUT2D eigenvalue weighted by Gasteiger charge is -2.23. The molecule has 1 atom stereocenters. The molecule has 3 aromatic rings. The first-order chi connectivity index (χ1) is 13.1. The highest BCUT2D eigenvalue weighted by atomic mass is 35.5. The summed E-state index contributed by atoms with van der Waals surface area (Å²) in [5, 5.41) is 4.54. The van der Waals surface area contributed by atoms with Gasteiger partial charge in [-0.25, -0.2) is 4.39 Å². The van der Waals surface area contributed by atoms with Crippen molar-refractivity contribution in [2.45, 2.75) is 25.3 Å². The van der Waals surface area contributed by atoms with E-state index < -0.39 is 0 Å². The zero-order valence-corrected chi connectivity index (χ0v) is 15.3. The smallest absolute Gasteiger partial charge is 0.276 e. The van der Waals surface area contributed by atoms with E-state index >= 15 is 0 Å². The van der Waals surface area contributed by atoms with Crippen molar-refractivity contribution in [1.82, 2.24) is 10.1 Å². The molecule has 0 aliphatic carbocycles. The van der Waals surface area contributed by atoms with E-state index in [1.165, 1.54) is 12.1 Å². The summed E-state index contributed by atoms with van der Waals surface area (Å²) in [6, 6.07) is 15.4. The summed E-state index contributed by atoms with van der Waals surface area (Å²) in [6.45, 7) is 0.665. The Balaban J connectivity index is 1.52. The normalized spacial score (nSPS) is 16.7. The van der Waals surface area contributed by atoms with Crippen LogP contribution in [0.25, 0.3) is 11.3 Å². The van der Waals surface area contributed by atoms with Crippen LogP contribution in [0.1, 0.15) is 28.9 Å². The van der Waals surface area contributed by atoms with Gasteiger partial charge in [0.25, 0.3) is 5.91 Å². The van der Waals surface area contributed by atoms with Crippen molar-refractivity contribution in [3.63, 3.8) is 0 Å². The minimum Gasteiger partial charge on any atom is -0.355 e. The van der Waals surface area contributed by atoms with Gasteiger partial charge >= 0.3 is 0 Å². The second-order valence-electron chi connectivity index (χ2n) is 6.72. The molecule has 4 nitrogen and oxygen atoms in total. The van der Waals surface area contributed by atoms with E-state index in [-0.39, 0.29) is 23.5 Å². The summed E-state index contributed by atoms with van der Waals surface area (Å²) in [6.07, 6.45) is 2.44. The maximum Gasteiger partial charge on any atom is 0.276 e. The van der Waals surface area contributed by atoms with E-state index in [0.717, 1.165) is 24.0 Å². The second kappa shape index (κ2) is 7.53. The number of carbonyl (C=O) groups excluding carboxylic acids is 1. The molecule has 27 heavy (non-hydrogen) atoms. The van der Waals surface area contributed by atoms with Crippen LogP contribution in [0.4, 0.5) is 4.39 Å². The number of halogens is 2. The molecule has 1 fully saturated rings. The topological polar surface area (TPSA) is 46.3 Å². The standard InChI is InChI=1S/C21H18ClFN2O2/c22-16-6-2-5-15(12-16)20-13-19(24-27-20)21(26)25-9-3-8-18(25)11-14-4-1-7-17(23)10-14/h1-2,4-7,10,12-13,18H,3,8-9,11H2. The highest BCUT2D eigenvalue weighted by Gasteiger charge is 2.31. The van der Waals surface area contributed by atoms with Crippen LogP contribution >= 0.6 is 11.6 Å². The van der Waals surface area contributed by atoms with Crippen molar-refractivity contribution in [2.75, 3.05) is 6.54 Å². The lowest BCUT2D eigenvalue weighted by atomic mass is 10.0. The zero-order chi connectivity index (χ0) is 18.8. The van der Waals surface area contributed by atoms with Crippen LogP contribution in [0.5, 0.6) is 0 Å². The fourth-order valence-corrected chi connectivity index (χ4v) is 3.74. The largest absolute Gasteiger partial charge is 0.355 e. The van der Waals surface area contributed by atoms with E-state index in [0.29, 0.717) is 23.7 Å². The van der Waals surface area contributed by atoms with Crippen molar-refractivity contribution in [2.24, 2.45) is 0 Å². The van der Waals surface area contributed by atoms with Gasteiger partial charge in [0.2, 0.25) is 0 Å². The van der Waals surface area contributed by atoms with Crippen LogP contribution in [0, 0.1) is 5.82 Å². The van der Waals surface area contributed by atoms with Gasteiger partial charge in [-0.3, -0.25) is 4.79 Å². The van der Waals surface area contributed by atoms with Crippen molar-refractivity contribution in [3.8, 4) is 11.3 Å². The quantitative estimate of drug-likeness (QED) is 0.637. The Morgan fingerprint density at radius 1 is 1.22 bits per heavy atom. The number of likely N-dealkylation sites (tertiary alicyclic amines) is 1. The average Bonchev–Trinajstić information content (AvgIpc) is 3.31. The number of rotatable bonds is 4. The molecular weight excluding hydrogens is 367 g/mol. The predicted molar refractivity (Wildman–Crippen MR) is 101 cm³/mol. The Labute approximate surface area is 161 Å². The summed E-state index contributed by atoms with van der Waals surface area (Å²) in [7, 11) is 0. The van der Waals surface area contributed by atoms with Gasteiger partial charge in [0.1, 0.15) is 5.82 Å². The maximum atomic E-state index is 13.4. The van der Waals surface area contributed by atoms with Crippen LogP contribution in [0.3, 0.4) is 0 Å². The fourth-order valence-electron chi connectivity index (χ4n) is 3.55. The first kappa shape index (κ1) is 17.7. The molecule has 2 aromatic carbocycles. The number of aromatic nitrogens is 1. The van der Waals surface area contributed by atoms with Gasteiger partial charge in [-0.05, 0) is 49.1 Å². The Morgan fingerprint density at radius 3 is 2.89 bits per heavy atom. The summed E-state index contributed by atoms with van der Waals surface area (Å²) in [5.74, 6) is 0.0821. The van der Waals surface area contributed by atoms with Crippen molar-refractivity contribution in [1.29, 1.82) is 0 Å². The Morgan fingerprint density at radius 2 is 2.07 bits per heavy atom. The summed E-state index contributed by atoms with van der Waals surface area (Å²) in [4.78, 5) is 14.7. The van der Waals surface area contributed by atoms with Gasteiger partial charge in [0.05, 0.1) is 0 Å². The predicted octanol–water partition coefficient (Wildman–Crippen LogP) is 4.98. The van der Waals surface area contributed by atoms with E-state index in [1.807, 2.05) is 23.1 Å². The number of amides is 1. The lowest BCUT2D eigenvalue weighted by Crippen LogP contribution is -2.37. The van der Waals surface area contributed by atoms with Crippen LogP contribution in [-0.2, 0) is 6.42 Å². The minimum atomic E-state index is -0.258. The van der Waals surface area contributed by atoms with Crippen LogP contribution in [0.2, 0.25) is 5.02 Å². The first-order valence-electron chi connectivity index (χ1n) is 8.88. The molecular formula is C21H18ClFN2O2. The molecule has 1 aliphatic heterocycles. The van der Waals surface area contributed by atoms with E-state index in [4.69, 9.17) is 16.1 Å². The van der Waals surface area contributed by atoms with Gasteiger partial charge < -0.3 is 9.42 Å². The van der Waals surface area contributed by atoms with Crippen LogP contribution < -0.4 is 0 Å². The molecule has 2 heterocycles. The fraction of sp³-hybridized carbons (Fsp3) is 0.238. The van der Waals surface area contributed by atoms with Crippen molar-refractivity contribution in [3.05, 3.63) is 76.7 Å². The number of carbonyl (C=O) groups is 1. The zero-order valence-electron chi connectivity index (χ0n) is 14.6. The molecule has 1 unspecified atom stereocenters. The van der Waals surface area contributed by atoms with Gasteiger partial charge in [0.15, 0.2) is 11.5 Å². The molecule has 4 rings (SSSR count). The van der Waals surface area contributed by atoms with Gasteiger partial charge in [-0.2, -0.15) is 0 Å². The highest BCUT2D eigenvalue weighted by Crippen LogP contribution is 2.27. The Kier molecular flexibility index (Phi) is 4.94. The second-order valence-corrected chi connectivity index (χ2v) is 7.15. The van der Waals surface area contributed by atoms with Gasteiger partial charge in [0, 0.05) is 29.2 Å². The van der Waals surface area contributed by atoms with Crippen molar-refractivity contribution >= 4 is 17.5 Å². The minimum absolute atomic E-state index is 0.0330. The SMILES string of the molecule is O=C(c1cc(-c2cccc(Cl)c2)on1)N1CCCC1Cc1cccc(F)c1.